The molecule has 1 N–H and O–H groups in total. The Bertz CT molecular complexity index is 439. The van der Waals surface area contributed by atoms with Gasteiger partial charge in [-0.25, -0.2) is 0 Å². The first-order valence-corrected chi connectivity index (χ1v) is 8.09. The zero-order chi connectivity index (χ0) is 15.1. The van der Waals surface area contributed by atoms with Gasteiger partial charge < -0.3 is 19.5 Å². The minimum atomic E-state index is -0.787. The molecule has 0 aliphatic heterocycles. The molecule has 1 rings (SSSR count). The van der Waals surface area contributed by atoms with E-state index in [1.807, 2.05) is 19.1 Å². The van der Waals surface area contributed by atoms with E-state index in [4.69, 9.17) is 14.2 Å². The Kier molecular flexibility index (Phi) is 6.81. The Morgan fingerprint density at radius 2 is 1.70 bits per heavy atom. The van der Waals surface area contributed by atoms with Crippen molar-refractivity contribution in [3.8, 4) is 17.2 Å². The molecule has 0 aliphatic carbocycles. The zero-order valence-electron chi connectivity index (χ0n) is 12.7. The number of hydrogen-bond donors (Lipinski definition) is 1. The van der Waals surface area contributed by atoms with Crippen molar-refractivity contribution >= 4 is 10.8 Å². The van der Waals surface area contributed by atoms with Gasteiger partial charge in [-0.1, -0.05) is 0 Å². The largest absolute Gasteiger partial charge is 0.493 e. The average molecular weight is 301 g/mol. The maximum absolute atomic E-state index is 11.1. The fourth-order valence-corrected chi connectivity index (χ4v) is 2.29. The van der Waals surface area contributed by atoms with Crippen molar-refractivity contribution in [2.45, 2.75) is 13.0 Å². The zero-order valence-corrected chi connectivity index (χ0v) is 13.5. The highest BCUT2D eigenvalue weighted by molar-refractivity contribution is 7.84. The van der Waals surface area contributed by atoms with Gasteiger partial charge in [-0.15, -0.1) is 0 Å². The number of benzene rings is 1. The molecule has 0 amide bonds. The SMILES string of the molecule is COc1cc(C(C)NCCS(C)=O)cc(OC)c1OC. The van der Waals surface area contributed by atoms with Crippen LogP contribution in [0.25, 0.3) is 0 Å². The molecular weight excluding hydrogens is 278 g/mol. The second kappa shape index (κ2) is 8.11. The van der Waals surface area contributed by atoms with E-state index in [9.17, 15) is 4.21 Å². The van der Waals surface area contributed by atoms with Crippen molar-refractivity contribution < 1.29 is 18.4 Å². The highest BCUT2D eigenvalue weighted by Gasteiger charge is 2.16. The Hall–Kier alpha value is -1.27. The summed E-state index contributed by atoms with van der Waals surface area (Å²) in [4.78, 5) is 0. The van der Waals surface area contributed by atoms with Crippen molar-refractivity contribution in [1.82, 2.24) is 5.32 Å². The molecular formula is C14H23NO4S. The summed E-state index contributed by atoms with van der Waals surface area (Å²) >= 11 is 0. The van der Waals surface area contributed by atoms with Gasteiger partial charge in [0.1, 0.15) is 0 Å². The smallest absolute Gasteiger partial charge is 0.203 e. The van der Waals surface area contributed by atoms with E-state index in [1.54, 1.807) is 27.6 Å². The minimum absolute atomic E-state index is 0.104. The van der Waals surface area contributed by atoms with Gasteiger partial charge in [-0.05, 0) is 24.6 Å². The number of hydrogen-bond acceptors (Lipinski definition) is 5. The summed E-state index contributed by atoms with van der Waals surface area (Å²) in [5.41, 5.74) is 1.03. The first kappa shape index (κ1) is 16.8. The van der Waals surface area contributed by atoms with E-state index in [0.29, 0.717) is 29.5 Å². The molecule has 0 saturated heterocycles. The molecule has 0 saturated carbocycles. The monoisotopic (exact) mass is 301 g/mol. The van der Waals surface area contributed by atoms with Crippen LogP contribution in [0, 0.1) is 0 Å². The summed E-state index contributed by atoms with van der Waals surface area (Å²) in [6.45, 7) is 2.74. The molecule has 20 heavy (non-hydrogen) atoms. The van der Waals surface area contributed by atoms with Crippen molar-refractivity contribution in [2.24, 2.45) is 0 Å². The van der Waals surface area contributed by atoms with Gasteiger partial charge in [-0.3, -0.25) is 4.21 Å². The van der Waals surface area contributed by atoms with Crippen LogP contribution in [-0.2, 0) is 10.8 Å². The second-order valence-electron chi connectivity index (χ2n) is 4.41. The van der Waals surface area contributed by atoms with Crippen LogP contribution in [0.3, 0.4) is 0 Å². The molecule has 0 fully saturated rings. The highest BCUT2D eigenvalue weighted by atomic mass is 32.2. The lowest BCUT2D eigenvalue weighted by molar-refractivity contribution is 0.323. The molecule has 0 aromatic heterocycles. The normalized spacial score (nSPS) is 13.7. The summed E-state index contributed by atoms with van der Waals surface area (Å²) in [6.07, 6.45) is 1.70. The predicted molar refractivity (Wildman–Crippen MR) is 81.4 cm³/mol. The summed E-state index contributed by atoms with van der Waals surface area (Å²) in [5, 5.41) is 3.33. The highest BCUT2D eigenvalue weighted by Crippen LogP contribution is 2.39. The van der Waals surface area contributed by atoms with Crippen LogP contribution in [0.1, 0.15) is 18.5 Å². The second-order valence-corrected chi connectivity index (χ2v) is 5.97. The number of nitrogens with one attached hydrogen (secondary N) is 1. The molecule has 0 aliphatic rings. The first-order chi connectivity index (χ1) is 9.53. The van der Waals surface area contributed by atoms with E-state index >= 15 is 0 Å². The lowest BCUT2D eigenvalue weighted by Gasteiger charge is -2.18. The van der Waals surface area contributed by atoms with Gasteiger partial charge in [0.15, 0.2) is 11.5 Å². The van der Waals surface area contributed by atoms with Crippen molar-refractivity contribution in [3.05, 3.63) is 17.7 Å². The van der Waals surface area contributed by atoms with Crippen LogP contribution in [0.5, 0.6) is 17.2 Å². The number of rotatable bonds is 8. The fourth-order valence-electron chi connectivity index (χ4n) is 1.89. The topological polar surface area (TPSA) is 56.8 Å². The lowest BCUT2D eigenvalue weighted by Crippen LogP contribution is -2.23. The summed E-state index contributed by atoms with van der Waals surface area (Å²) < 4.78 is 27.0. The van der Waals surface area contributed by atoms with E-state index in [0.717, 1.165) is 5.56 Å². The van der Waals surface area contributed by atoms with Crippen LogP contribution in [0.15, 0.2) is 12.1 Å². The maximum atomic E-state index is 11.1. The van der Waals surface area contributed by atoms with Crippen LogP contribution in [-0.4, -0.2) is 44.1 Å². The van der Waals surface area contributed by atoms with Crippen molar-refractivity contribution in [1.29, 1.82) is 0 Å². The Labute approximate surface area is 123 Å². The molecule has 1 aromatic rings. The molecule has 0 heterocycles. The van der Waals surface area contributed by atoms with Crippen LogP contribution >= 0.6 is 0 Å². The maximum Gasteiger partial charge on any atom is 0.203 e. The Morgan fingerprint density at radius 1 is 1.15 bits per heavy atom. The van der Waals surface area contributed by atoms with Crippen molar-refractivity contribution in [2.75, 3.05) is 39.9 Å². The summed E-state index contributed by atoms with van der Waals surface area (Å²) in [5.74, 6) is 2.49. The Morgan fingerprint density at radius 3 is 2.10 bits per heavy atom. The quantitative estimate of drug-likeness (QED) is 0.792. The third-order valence-electron chi connectivity index (χ3n) is 3.03. The van der Waals surface area contributed by atoms with Gasteiger partial charge >= 0.3 is 0 Å². The Balaban J connectivity index is 2.91. The first-order valence-electron chi connectivity index (χ1n) is 6.36. The predicted octanol–water partition coefficient (Wildman–Crippen LogP) is 1.74. The van der Waals surface area contributed by atoms with E-state index in [1.165, 1.54) is 0 Å². The van der Waals surface area contributed by atoms with Crippen LogP contribution in [0.2, 0.25) is 0 Å². The van der Waals surface area contributed by atoms with E-state index in [2.05, 4.69) is 5.32 Å². The van der Waals surface area contributed by atoms with E-state index < -0.39 is 10.8 Å². The number of methoxy groups -OCH3 is 3. The summed E-state index contributed by atoms with van der Waals surface area (Å²) in [7, 11) is 3.99. The molecule has 5 nitrogen and oxygen atoms in total. The van der Waals surface area contributed by atoms with Gasteiger partial charge in [0.25, 0.3) is 0 Å². The van der Waals surface area contributed by atoms with Gasteiger partial charge in [0, 0.05) is 35.4 Å². The standard InChI is InChI=1S/C14H23NO4S/c1-10(15-6-7-20(5)16)11-8-12(17-2)14(19-4)13(9-11)18-3/h8-10,15H,6-7H2,1-5H3. The molecule has 0 radical (unpaired) electrons. The van der Waals surface area contributed by atoms with E-state index in [-0.39, 0.29) is 6.04 Å². The molecule has 0 spiro atoms. The van der Waals surface area contributed by atoms with Crippen LogP contribution in [0.4, 0.5) is 0 Å². The van der Waals surface area contributed by atoms with Crippen LogP contribution < -0.4 is 19.5 Å². The number of ether oxygens (including phenoxy) is 3. The molecule has 0 bridgehead atoms. The molecule has 6 heteroatoms. The van der Waals surface area contributed by atoms with Crippen molar-refractivity contribution in [3.63, 3.8) is 0 Å². The average Bonchev–Trinajstić information content (AvgIpc) is 2.44. The van der Waals surface area contributed by atoms with Gasteiger partial charge in [-0.2, -0.15) is 0 Å². The third-order valence-corrected chi connectivity index (χ3v) is 3.81. The molecule has 114 valence electrons. The molecule has 2 unspecified atom stereocenters. The van der Waals surface area contributed by atoms with Gasteiger partial charge in [0.05, 0.1) is 21.3 Å². The lowest BCUT2D eigenvalue weighted by atomic mass is 10.1. The minimum Gasteiger partial charge on any atom is -0.493 e. The van der Waals surface area contributed by atoms with Gasteiger partial charge in [0.2, 0.25) is 5.75 Å². The molecule has 2 atom stereocenters. The molecule has 1 aromatic carbocycles. The fraction of sp³-hybridized carbons (Fsp3) is 0.571. The summed E-state index contributed by atoms with van der Waals surface area (Å²) in [6, 6.07) is 3.94. The third kappa shape index (κ3) is 4.38.